The van der Waals surface area contributed by atoms with Gasteiger partial charge in [-0.25, -0.2) is 13.5 Å². The average molecular weight is 217 g/mol. The fraction of sp³-hybridized carbons (Fsp3) is 0.667. The fourth-order valence-electron chi connectivity index (χ4n) is 1.67. The van der Waals surface area contributed by atoms with Gasteiger partial charge in [-0.2, -0.15) is 5.10 Å². The first-order valence-electron chi connectivity index (χ1n) is 4.93. The van der Waals surface area contributed by atoms with Gasteiger partial charge in [0.25, 0.3) is 6.43 Å². The Kier molecular flexibility index (Phi) is 2.86. The number of hydrogen-bond acceptors (Lipinski definition) is 3. The predicted molar refractivity (Wildman–Crippen MR) is 50.4 cm³/mol. The summed E-state index contributed by atoms with van der Waals surface area (Å²) in [5, 5.41) is 3.75. The lowest BCUT2D eigenvalue weighted by molar-refractivity contribution is -0.0402. The Morgan fingerprint density at radius 1 is 1.53 bits per heavy atom. The summed E-state index contributed by atoms with van der Waals surface area (Å²) < 4.78 is 31.6. The molecule has 0 saturated carbocycles. The highest BCUT2D eigenvalue weighted by atomic mass is 19.3. The van der Waals surface area contributed by atoms with Gasteiger partial charge in [-0.05, 0) is 19.3 Å². The molecule has 1 atom stereocenters. The van der Waals surface area contributed by atoms with Crippen LogP contribution in [-0.4, -0.2) is 16.4 Å². The Bertz CT molecular complexity index is 334. The summed E-state index contributed by atoms with van der Waals surface area (Å²) in [5.41, 5.74) is 5.10. The Morgan fingerprint density at radius 3 is 2.87 bits per heavy atom. The zero-order chi connectivity index (χ0) is 10.8. The molecule has 1 saturated heterocycles. The van der Waals surface area contributed by atoms with Gasteiger partial charge in [0.15, 0.2) is 5.69 Å². The Balaban J connectivity index is 2.17. The third kappa shape index (κ3) is 2.09. The lowest BCUT2D eigenvalue weighted by atomic mass is 10.2. The van der Waals surface area contributed by atoms with E-state index in [1.54, 1.807) is 0 Å². The van der Waals surface area contributed by atoms with E-state index in [9.17, 15) is 8.78 Å². The second-order valence-corrected chi connectivity index (χ2v) is 3.57. The second-order valence-electron chi connectivity index (χ2n) is 3.57. The molecule has 1 fully saturated rings. The quantitative estimate of drug-likeness (QED) is 0.825. The molecule has 0 aromatic carbocycles. The maximum atomic E-state index is 12.4. The molecule has 1 unspecified atom stereocenters. The van der Waals surface area contributed by atoms with Crippen molar-refractivity contribution in [1.29, 1.82) is 0 Å². The second kappa shape index (κ2) is 4.14. The number of ether oxygens (including phenoxy) is 1. The van der Waals surface area contributed by atoms with Crippen LogP contribution in [-0.2, 0) is 4.74 Å². The van der Waals surface area contributed by atoms with Gasteiger partial charge in [0.2, 0.25) is 0 Å². The molecular formula is C9H13F2N3O. The molecule has 0 radical (unpaired) electrons. The fourth-order valence-corrected chi connectivity index (χ4v) is 1.67. The van der Waals surface area contributed by atoms with Crippen LogP contribution in [0.2, 0.25) is 0 Å². The lowest BCUT2D eigenvalue weighted by Gasteiger charge is -2.22. The van der Waals surface area contributed by atoms with Crippen molar-refractivity contribution >= 4 is 5.69 Å². The van der Waals surface area contributed by atoms with Crippen molar-refractivity contribution in [3.63, 3.8) is 0 Å². The molecule has 0 bridgehead atoms. The molecule has 1 aromatic heterocycles. The number of nitrogens with zero attached hydrogens (tertiary/aromatic N) is 2. The van der Waals surface area contributed by atoms with Gasteiger partial charge in [-0.1, -0.05) is 0 Å². The number of alkyl halides is 2. The molecule has 4 nitrogen and oxygen atoms in total. The van der Waals surface area contributed by atoms with Crippen molar-refractivity contribution in [3.8, 4) is 0 Å². The van der Waals surface area contributed by atoms with Crippen molar-refractivity contribution in [3.05, 3.63) is 11.9 Å². The summed E-state index contributed by atoms with van der Waals surface area (Å²) in [6, 6.07) is 0. The predicted octanol–water partition coefficient (Wildman–Crippen LogP) is 2.10. The highest BCUT2D eigenvalue weighted by Crippen LogP contribution is 2.27. The number of nitrogens with two attached hydrogens (primary N) is 1. The van der Waals surface area contributed by atoms with Crippen molar-refractivity contribution in [2.45, 2.75) is 31.9 Å². The van der Waals surface area contributed by atoms with Crippen LogP contribution in [0.1, 0.15) is 37.6 Å². The van der Waals surface area contributed by atoms with E-state index in [-0.39, 0.29) is 17.6 Å². The van der Waals surface area contributed by atoms with E-state index < -0.39 is 6.43 Å². The topological polar surface area (TPSA) is 53.1 Å². The zero-order valence-electron chi connectivity index (χ0n) is 8.20. The standard InChI is InChI=1S/C9H13F2N3O/c10-9(11)8-6(12)5-14(13-8)7-3-1-2-4-15-7/h5,7,9H,1-4,12H2. The molecule has 0 spiro atoms. The average Bonchev–Trinajstić information content (AvgIpc) is 2.62. The number of rotatable bonds is 2. The number of hydrogen-bond donors (Lipinski definition) is 1. The summed E-state index contributed by atoms with van der Waals surface area (Å²) in [6.45, 7) is 0.647. The van der Waals surface area contributed by atoms with Gasteiger partial charge >= 0.3 is 0 Å². The first-order chi connectivity index (χ1) is 7.18. The molecule has 6 heteroatoms. The van der Waals surface area contributed by atoms with Gasteiger partial charge in [-0.15, -0.1) is 0 Å². The Morgan fingerprint density at radius 2 is 2.33 bits per heavy atom. The van der Waals surface area contributed by atoms with Crippen LogP contribution in [0, 0.1) is 0 Å². The monoisotopic (exact) mass is 217 g/mol. The van der Waals surface area contributed by atoms with Gasteiger partial charge in [-0.3, -0.25) is 0 Å². The van der Waals surface area contributed by atoms with E-state index in [1.807, 2.05) is 0 Å². The summed E-state index contributed by atoms with van der Waals surface area (Å²) in [5.74, 6) is 0. The molecule has 0 amide bonds. The molecule has 84 valence electrons. The van der Waals surface area contributed by atoms with E-state index >= 15 is 0 Å². The van der Waals surface area contributed by atoms with Gasteiger partial charge in [0.1, 0.15) is 6.23 Å². The molecule has 0 aliphatic carbocycles. The number of anilines is 1. The summed E-state index contributed by atoms with van der Waals surface area (Å²) >= 11 is 0. The maximum Gasteiger partial charge on any atom is 0.284 e. The minimum absolute atomic E-state index is 0.0270. The van der Waals surface area contributed by atoms with Crippen LogP contribution in [0.25, 0.3) is 0 Å². The smallest absolute Gasteiger partial charge is 0.284 e. The Labute approximate surface area is 86.0 Å². The molecule has 1 aliphatic heterocycles. The van der Waals surface area contributed by atoms with Crippen LogP contribution in [0.15, 0.2) is 6.20 Å². The largest absolute Gasteiger partial charge is 0.396 e. The first kappa shape index (κ1) is 10.4. The normalized spacial score (nSPS) is 22.2. The third-order valence-electron chi connectivity index (χ3n) is 2.45. The molecule has 2 N–H and O–H groups in total. The molecule has 1 aliphatic rings. The molecule has 15 heavy (non-hydrogen) atoms. The number of aromatic nitrogens is 2. The summed E-state index contributed by atoms with van der Waals surface area (Å²) in [6.07, 6.45) is 1.37. The van der Waals surface area contributed by atoms with E-state index in [0.717, 1.165) is 19.3 Å². The Hall–Kier alpha value is -1.17. The van der Waals surface area contributed by atoms with E-state index in [1.165, 1.54) is 10.9 Å². The van der Waals surface area contributed by atoms with E-state index in [0.29, 0.717) is 6.61 Å². The minimum Gasteiger partial charge on any atom is -0.396 e. The number of nitrogen functional groups attached to an aromatic ring is 1. The molecule has 2 rings (SSSR count). The van der Waals surface area contributed by atoms with Gasteiger partial charge in [0.05, 0.1) is 11.9 Å². The number of halogens is 2. The van der Waals surface area contributed by atoms with E-state index in [2.05, 4.69) is 5.10 Å². The lowest BCUT2D eigenvalue weighted by Crippen LogP contribution is -2.18. The SMILES string of the molecule is Nc1cn(C2CCCCO2)nc1C(F)F. The highest BCUT2D eigenvalue weighted by molar-refractivity contribution is 5.41. The maximum absolute atomic E-state index is 12.4. The third-order valence-corrected chi connectivity index (χ3v) is 2.45. The van der Waals surface area contributed by atoms with Gasteiger partial charge < -0.3 is 10.5 Å². The highest BCUT2D eigenvalue weighted by Gasteiger charge is 2.21. The minimum atomic E-state index is -2.63. The first-order valence-corrected chi connectivity index (χ1v) is 4.93. The van der Waals surface area contributed by atoms with E-state index in [4.69, 9.17) is 10.5 Å². The van der Waals surface area contributed by atoms with Crippen LogP contribution in [0.3, 0.4) is 0 Å². The van der Waals surface area contributed by atoms with Crippen LogP contribution < -0.4 is 5.73 Å². The van der Waals surface area contributed by atoms with Crippen molar-refractivity contribution in [2.24, 2.45) is 0 Å². The van der Waals surface area contributed by atoms with Crippen LogP contribution in [0.4, 0.5) is 14.5 Å². The summed E-state index contributed by atoms with van der Waals surface area (Å²) in [7, 11) is 0. The molecule has 1 aromatic rings. The van der Waals surface area contributed by atoms with Crippen molar-refractivity contribution < 1.29 is 13.5 Å². The zero-order valence-corrected chi connectivity index (χ0v) is 8.20. The van der Waals surface area contributed by atoms with Crippen molar-refractivity contribution in [1.82, 2.24) is 9.78 Å². The van der Waals surface area contributed by atoms with Crippen LogP contribution >= 0.6 is 0 Å². The summed E-state index contributed by atoms with van der Waals surface area (Å²) in [4.78, 5) is 0. The van der Waals surface area contributed by atoms with Gasteiger partial charge in [0, 0.05) is 6.61 Å². The van der Waals surface area contributed by atoms with Crippen molar-refractivity contribution in [2.75, 3.05) is 12.3 Å². The molecule has 2 heterocycles. The van der Waals surface area contributed by atoms with Crippen LogP contribution in [0.5, 0.6) is 0 Å². The molecular weight excluding hydrogens is 204 g/mol.